The summed E-state index contributed by atoms with van der Waals surface area (Å²) in [4.78, 5) is 17.9. The summed E-state index contributed by atoms with van der Waals surface area (Å²) in [6, 6.07) is 8.68. The van der Waals surface area contributed by atoms with Gasteiger partial charge < -0.3 is 15.5 Å². The number of carbonyl (C=O) groups excluding carboxylic acids is 1. The molecule has 1 amide bonds. The van der Waals surface area contributed by atoms with Crippen LogP contribution in [0, 0.1) is 23.7 Å². The molecule has 4 nitrogen and oxygen atoms in total. The van der Waals surface area contributed by atoms with Crippen molar-refractivity contribution in [1.29, 1.82) is 0 Å². The van der Waals surface area contributed by atoms with Crippen LogP contribution in [0.15, 0.2) is 24.3 Å². The summed E-state index contributed by atoms with van der Waals surface area (Å²) in [5, 5.41) is 0. The molecule has 136 valence electrons. The normalized spacial score (nSPS) is 35.1. The molecule has 0 radical (unpaired) electrons. The van der Waals surface area contributed by atoms with Crippen molar-refractivity contribution in [3.05, 3.63) is 24.3 Å². The van der Waals surface area contributed by atoms with Gasteiger partial charge in [-0.05, 0) is 55.6 Å². The van der Waals surface area contributed by atoms with Gasteiger partial charge in [-0.2, -0.15) is 0 Å². The lowest BCUT2D eigenvalue weighted by Crippen LogP contribution is -2.50. The summed E-state index contributed by atoms with van der Waals surface area (Å²) < 4.78 is 0. The molecule has 0 saturated heterocycles. The average Bonchev–Trinajstić information content (AvgIpc) is 2.71. The van der Waals surface area contributed by atoms with Gasteiger partial charge in [-0.15, -0.1) is 0 Å². The van der Waals surface area contributed by atoms with Gasteiger partial charge in [0.2, 0.25) is 5.91 Å². The van der Waals surface area contributed by atoms with Crippen molar-refractivity contribution in [2.45, 2.75) is 45.1 Å². The zero-order valence-corrected chi connectivity index (χ0v) is 15.5. The Labute approximate surface area is 151 Å². The Morgan fingerprint density at radius 3 is 2.40 bits per heavy atom. The highest BCUT2D eigenvalue weighted by atomic mass is 16.2. The molecule has 2 saturated carbocycles. The van der Waals surface area contributed by atoms with Gasteiger partial charge in [-0.1, -0.05) is 25.5 Å². The number of fused-ring (bicyclic) bond motifs is 3. The number of benzene rings is 1. The van der Waals surface area contributed by atoms with Gasteiger partial charge in [0.15, 0.2) is 0 Å². The van der Waals surface area contributed by atoms with E-state index < -0.39 is 0 Å². The Hall–Kier alpha value is -1.55. The Balaban J connectivity index is 1.62. The zero-order chi connectivity index (χ0) is 17.6. The van der Waals surface area contributed by atoms with E-state index in [1.807, 2.05) is 0 Å². The van der Waals surface area contributed by atoms with E-state index in [1.54, 1.807) is 0 Å². The molecule has 1 aromatic rings. The summed E-state index contributed by atoms with van der Waals surface area (Å²) in [6.07, 6.45) is 5.67. The number of hydrogen-bond donors (Lipinski definition) is 1. The van der Waals surface area contributed by atoms with Gasteiger partial charge in [-0.25, -0.2) is 0 Å². The molecule has 3 unspecified atom stereocenters. The predicted octanol–water partition coefficient (Wildman–Crippen LogP) is 3.26. The fourth-order valence-electron chi connectivity index (χ4n) is 5.47. The third-order valence-corrected chi connectivity index (χ3v) is 6.69. The molecule has 4 rings (SSSR count). The number of nitrogens with two attached hydrogens (primary N) is 1. The second kappa shape index (κ2) is 6.64. The second-order valence-electron chi connectivity index (χ2n) is 8.62. The van der Waals surface area contributed by atoms with Gasteiger partial charge in [0.25, 0.3) is 0 Å². The number of rotatable bonds is 1. The van der Waals surface area contributed by atoms with E-state index in [2.05, 4.69) is 48.0 Å². The molecular weight excluding hydrogens is 310 g/mol. The molecular formula is C21H31N3O. The van der Waals surface area contributed by atoms with Crippen LogP contribution in [-0.4, -0.2) is 32.1 Å². The molecule has 2 bridgehead atoms. The number of carbonyl (C=O) groups is 1. The van der Waals surface area contributed by atoms with E-state index in [1.165, 1.54) is 24.9 Å². The number of nitrogens with zero attached hydrogens (tertiary/aromatic N) is 2. The number of hydrogen-bond acceptors (Lipinski definition) is 3. The third kappa shape index (κ3) is 3.05. The Bertz CT molecular complexity index is 632. The minimum atomic E-state index is 0.152. The summed E-state index contributed by atoms with van der Waals surface area (Å²) in [5.74, 6) is 2.04. The van der Waals surface area contributed by atoms with E-state index in [0.29, 0.717) is 29.7 Å². The van der Waals surface area contributed by atoms with Gasteiger partial charge >= 0.3 is 0 Å². The lowest BCUT2D eigenvalue weighted by molar-refractivity contribution is -0.125. The van der Waals surface area contributed by atoms with Gasteiger partial charge in [0.1, 0.15) is 0 Å². The fourth-order valence-corrected chi connectivity index (χ4v) is 5.47. The average molecular weight is 341 g/mol. The molecule has 1 aromatic carbocycles. The largest absolute Gasteiger partial charge is 0.373 e. The van der Waals surface area contributed by atoms with Crippen molar-refractivity contribution in [2.24, 2.45) is 29.4 Å². The fraction of sp³-hybridized carbons (Fsp3) is 0.667. The summed E-state index contributed by atoms with van der Waals surface area (Å²) in [7, 11) is 2.13. The van der Waals surface area contributed by atoms with E-state index in [4.69, 9.17) is 5.73 Å². The first kappa shape index (κ1) is 16.9. The highest BCUT2D eigenvalue weighted by Crippen LogP contribution is 2.43. The molecule has 3 atom stereocenters. The summed E-state index contributed by atoms with van der Waals surface area (Å²) >= 11 is 0. The van der Waals surface area contributed by atoms with E-state index >= 15 is 0 Å². The zero-order valence-electron chi connectivity index (χ0n) is 15.5. The molecule has 2 N–H and O–H groups in total. The first-order chi connectivity index (χ1) is 12.0. The smallest absolute Gasteiger partial charge is 0.230 e. The van der Waals surface area contributed by atoms with Crippen LogP contribution in [0.2, 0.25) is 0 Å². The number of anilines is 2. The van der Waals surface area contributed by atoms with Gasteiger partial charge in [0, 0.05) is 32.1 Å². The van der Waals surface area contributed by atoms with Crippen LogP contribution in [0.3, 0.4) is 0 Å². The Morgan fingerprint density at radius 1 is 1.08 bits per heavy atom. The van der Waals surface area contributed by atoms with E-state index in [0.717, 1.165) is 31.6 Å². The van der Waals surface area contributed by atoms with Crippen molar-refractivity contribution in [3.63, 3.8) is 0 Å². The van der Waals surface area contributed by atoms with Crippen molar-refractivity contribution in [3.8, 4) is 0 Å². The summed E-state index contributed by atoms with van der Waals surface area (Å²) in [5.41, 5.74) is 8.69. The lowest BCUT2D eigenvalue weighted by Gasteiger charge is -2.44. The standard InChI is InChI=1S/C21H31N3O/c1-14-12-23(2)18-8-3-4-9-19(18)24(13-14)21(25)17-10-15-6-5-7-16(11-17)20(15)22/h3-4,8-9,14-17,20H,5-7,10-13,22H2,1-2H3. The highest BCUT2D eigenvalue weighted by molar-refractivity contribution is 5.98. The lowest BCUT2D eigenvalue weighted by atomic mass is 9.65. The predicted molar refractivity (Wildman–Crippen MR) is 103 cm³/mol. The SMILES string of the molecule is CC1CN(C)c2ccccc2N(C(=O)C2CC3CCCC(C2)C3N)C1. The Kier molecular flexibility index (Phi) is 4.48. The van der Waals surface area contributed by atoms with Crippen LogP contribution in [0.5, 0.6) is 0 Å². The van der Waals surface area contributed by atoms with E-state index in [9.17, 15) is 4.79 Å². The van der Waals surface area contributed by atoms with Crippen LogP contribution in [0.25, 0.3) is 0 Å². The third-order valence-electron chi connectivity index (χ3n) is 6.69. The minimum absolute atomic E-state index is 0.152. The molecule has 2 fully saturated rings. The van der Waals surface area contributed by atoms with Gasteiger partial charge in [-0.3, -0.25) is 4.79 Å². The maximum Gasteiger partial charge on any atom is 0.230 e. The number of para-hydroxylation sites is 2. The first-order valence-corrected chi connectivity index (χ1v) is 9.91. The minimum Gasteiger partial charge on any atom is -0.373 e. The van der Waals surface area contributed by atoms with Crippen LogP contribution in [0.1, 0.15) is 39.0 Å². The topological polar surface area (TPSA) is 49.6 Å². The van der Waals surface area contributed by atoms with Crippen LogP contribution < -0.4 is 15.5 Å². The molecule has 3 aliphatic rings. The maximum absolute atomic E-state index is 13.5. The molecule has 25 heavy (non-hydrogen) atoms. The van der Waals surface area contributed by atoms with Gasteiger partial charge in [0.05, 0.1) is 11.4 Å². The molecule has 1 aliphatic heterocycles. The van der Waals surface area contributed by atoms with Crippen LogP contribution in [-0.2, 0) is 4.79 Å². The first-order valence-electron chi connectivity index (χ1n) is 9.91. The monoisotopic (exact) mass is 341 g/mol. The van der Waals surface area contributed by atoms with Crippen LogP contribution in [0.4, 0.5) is 11.4 Å². The Morgan fingerprint density at radius 2 is 1.72 bits per heavy atom. The maximum atomic E-state index is 13.5. The van der Waals surface area contributed by atoms with Crippen molar-refractivity contribution >= 4 is 17.3 Å². The molecule has 0 spiro atoms. The molecule has 2 aliphatic carbocycles. The summed E-state index contributed by atoms with van der Waals surface area (Å²) in [6.45, 7) is 4.05. The molecule has 0 aromatic heterocycles. The molecule has 1 heterocycles. The number of amides is 1. The highest BCUT2D eigenvalue weighted by Gasteiger charge is 2.42. The van der Waals surface area contributed by atoms with E-state index in [-0.39, 0.29) is 5.92 Å². The molecule has 4 heteroatoms. The van der Waals surface area contributed by atoms with Crippen molar-refractivity contribution in [1.82, 2.24) is 0 Å². The van der Waals surface area contributed by atoms with Crippen molar-refractivity contribution < 1.29 is 4.79 Å². The van der Waals surface area contributed by atoms with Crippen molar-refractivity contribution in [2.75, 3.05) is 29.9 Å². The van der Waals surface area contributed by atoms with Crippen LogP contribution >= 0.6 is 0 Å². The second-order valence-corrected chi connectivity index (χ2v) is 8.62. The quantitative estimate of drug-likeness (QED) is 0.853.